The first-order valence-electron chi connectivity index (χ1n) is 10.1. The fraction of sp³-hybridized carbons (Fsp3) is 1.00. The lowest BCUT2D eigenvalue weighted by molar-refractivity contribution is 0.113. The largest absolute Gasteiger partial charge is 0.381 e. The number of rotatable bonds is 18. The monoisotopic (exact) mass is 364 g/mol. The van der Waals surface area contributed by atoms with Gasteiger partial charge in [-0.2, -0.15) is 0 Å². The maximum absolute atomic E-state index is 11.6. The lowest BCUT2D eigenvalue weighted by Crippen LogP contribution is -2.05. The summed E-state index contributed by atoms with van der Waals surface area (Å²) >= 11 is 0. The second-order valence-corrected chi connectivity index (χ2v) is 9.41. The van der Waals surface area contributed by atoms with Gasteiger partial charge in [0, 0.05) is 13.2 Å². The summed E-state index contributed by atoms with van der Waals surface area (Å²) in [5, 5.41) is 0. The van der Waals surface area contributed by atoms with Crippen LogP contribution in [-0.2, 0) is 13.8 Å². The molecule has 0 fully saturated rings. The lowest BCUT2D eigenvalue weighted by Gasteiger charge is -2.15. The highest BCUT2D eigenvalue weighted by Gasteiger charge is 2.23. The van der Waals surface area contributed by atoms with Crippen LogP contribution < -0.4 is 0 Å². The minimum absolute atomic E-state index is 0.296. The Morgan fingerprint density at radius 2 is 1.21 bits per heavy atom. The Balaban J connectivity index is 3.14. The molecule has 0 rings (SSSR count). The zero-order valence-corrected chi connectivity index (χ0v) is 17.2. The predicted molar refractivity (Wildman–Crippen MR) is 103 cm³/mol. The Morgan fingerprint density at radius 1 is 0.750 bits per heavy atom. The Labute approximate surface area is 150 Å². The van der Waals surface area contributed by atoms with Crippen molar-refractivity contribution < 1.29 is 18.7 Å². The van der Waals surface area contributed by atoms with Crippen LogP contribution in [0.3, 0.4) is 0 Å². The van der Waals surface area contributed by atoms with Crippen molar-refractivity contribution >= 4 is 7.60 Å². The topological polar surface area (TPSA) is 55.8 Å². The summed E-state index contributed by atoms with van der Waals surface area (Å²) in [6, 6.07) is 0. The van der Waals surface area contributed by atoms with Gasteiger partial charge in [0.05, 0.1) is 12.3 Å². The molecule has 0 aromatic carbocycles. The molecule has 1 N–H and O–H groups in total. The fourth-order valence-corrected chi connectivity index (χ4v) is 3.16. The van der Waals surface area contributed by atoms with Crippen LogP contribution in [0, 0.1) is 0 Å². The molecule has 0 saturated carbocycles. The molecule has 0 aromatic heterocycles. The average molecular weight is 365 g/mol. The quantitative estimate of drug-likeness (QED) is 0.228. The van der Waals surface area contributed by atoms with Crippen molar-refractivity contribution in [3.63, 3.8) is 0 Å². The normalized spacial score (nSPS) is 14.2. The fourth-order valence-electron chi connectivity index (χ4n) is 2.48. The molecule has 0 heterocycles. The van der Waals surface area contributed by atoms with E-state index in [1.54, 1.807) is 13.8 Å². The van der Waals surface area contributed by atoms with Gasteiger partial charge < -0.3 is 14.2 Å². The molecule has 24 heavy (non-hydrogen) atoms. The second kappa shape index (κ2) is 16.6. The van der Waals surface area contributed by atoms with Gasteiger partial charge in [0.1, 0.15) is 0 Å². The summed E-state index contributed by atoms with van der Waals surface area (Å²) in [5.74, 6) is 0. The highest BCUT2D eigenvalue weighted by Crippen LogP contribution is 2.46. The van der Waals surface area contributed by atoms with E-state index in [2.05, 4.69) is 6.92 Å². The van der Waals surface area contributed by atoms with E-state index in [0.29, 0.717) is 19.6 Å². The summed E-state index contributed by atoms with van der Waals surface area (Å²) in [6.45, 7) is 7.35. The zero-order chi connectivity index (χ0) is 18.1. The van der Waals surface area contributed by atoms with Gasteiger partial charge in [-0.25, -0.2) is 0 Å². The Hall–Kier alpha value is 0.110. The maximum atomic E-state index is 11.6. The summed E-state index contributed by atoms with van der Waals surface area (Å²) in [7, 11) is -3.41. The van der Waals surface area contributed by atoms with Crippen LogP contribution >= 0.6 is 7.60 Å². The van der Waals surface area contributed by atoms with Crippen molar-refractivity contribution in [2.45, 2.75) is 103 Å². The van der Waals surface area contributed by atoms with Gasteiger partial charge in [0.25, 0.3) is 0 Å². The first-order valence-corrected chi connectivity index (χ1v) is 11.7. The highest BCUT2D eigenvalue weighted by atomic mass is 31.2. The van der Waals surface area contributed by atoms with E-state index in [-0.39, 0.29) is 5.66 Å². The molecule has 0 bridgehead atoms. The number of hydrogen-bond donors (Lipinski definition) is 1. The molecule has 0 amide bonds. The van der Waals surface area contributed by atoms with E-state index in [4.69, 9.17) is 9.26 Å². The average Bonchev–Trinajstić information content (AvgIpc) is 2.54. The molecule has 0 spiro atoms. The summed E-state index contributed by atoms with van der Waals surface area (Å²) in [4.78, 5) is 9.50. The van der Waals surface area contributed by atoms with E-state index < -0.39 is 7.60 Å². The van der Waals surface area contributed by atoms with Crippen molar-refractivity contribution in [3.05, 3.63) is 0 Å². The molecule has 0 aliphatic heterocycles. The Morgan fingerprint density at radius 3 is 1.71 bits per heavy atom. The van der Waals surface area contributed by atoms with Crippen molar-refractivity contribution in [2.24, 2.45) is 0 Å². The van der Waals surface area contributed by atoms with Crippen molar-refractivity contribution in [2.75, 3.05) is 19.8 Å². The molecule has 5 heteroatoms. The molecule has 0 aliphatic rings. The van der Waals surface area contributed by atoms with Crippen LogP contribution in [0.25, 0.3) is 0 Å². The van der Waals surface area contributed by atoms with E-state index in [9.17, 15) is 9.46 Å². The summed E-state index contributed by atoms with van der Waals surface area (Å²) in [6.07, 6.45) is 15.4. The molecule has 146 valence electrons. The van der Waals surface area contributed by atoms with Crippen LogP contribution in [-0.4, -0.2) is 30.4 Å². The minimum Gasteiger partial charge on any atom is -0.381 e. The van der Waals surface area contributed by atoms with E-state index in [0.717, 1.165) is 13.0 Å². The highest BCUT2D eigenvalue weighted by molar-refractivity contribution is 7.53. The summed E-state index contributed by atoms with van der Waals surface area (Å²) in [5.41, 5.74) is -0.338. The van der Waals surface area contributed by atoms with Gasteiger partial charge in [-0.15, -0.1) is 0 Å². The van der Waals surface area contributed by atoms with Crippen LogP contribution in [0.4, 0.5) is 0 Å². The van der Waals surface area contributed by atoms with Gasteiger partial charge in [0.15, 0.2) is 0 Å². The van der Waals surface area contributed by atoms with Gasteiger partial charge in [-0.1, -0.05) is 85.0 Å². The molecule has 1 atom stereocenters. The van der Waals surface area contributed by atoms with Crippen LogP contribution in [0.1, 0.15) is 97.8 Å². The van der Waals surface area contributed by atoms with Crippen LogP contribution in [0.5, 0.6) is 0 Å². The minimum atomic E-state index is -3.41. The molecular formula is C19H41O4P. The van der Waals surface area contributed by atoms with Gasteiger partial charge in [0.2, 0.25) is 0 Å². The predicted octanol–water partition coefficient (Wildman–Crippen LogP) is 6.31. The van der Waals surface area contributed by atoms with Crippen molar-refractivity contribution in [1.82, 2.24) is 0 Å². The molecule has 1 unspecified atom stereocenters. The van der Waals surface area contributed by atoms with Crippen LogP contribution in [0.15, 0.2) is 0 Å². The summed E-state index contributed by atoms with van der Waals surface area (Å²) < 4.78 is 22.1. The number of unbranched alkanes of at least 4 members (excludes halogenated alkanes) is 10. The molecule has 0 radical (unpaired) electrons. The van der Waals surface area contributed by atoms with Crippen molar-refractivity contribution in [3.8, 4) is 0 Å². The second-order valence-electron chi connectivity index (χ2n) is 6.99. The molecule has 0 saturated heterocycles. The Kier molecular flexibility index (Phi) is 16.6. The van der Waals surface area contributed by atoms with E-state index in [1.807, 2.05) is 0 Å². The maximum Gasteiger partial charge on any atom is 0.330 e. The van der Waals surface area contributed by atoms with Gasteiger partial charge >= 0.3 is 7.60 Å². The SMILES string of the molecule is CCCCCCCCCCCCCOCCCOP(=O)(O)C(C)C. The zero-order valence-electron chi connectivity index (χ0n) is 16.3. The molecule has 4 nitrogen and oxygen atoms in total. The molecule has 0 aromatic rings. The lowest BCUT2D eigenvalue weighted by atomic mass is 10.1. The van der Waals surface area contributed by atoms with Gasteiger partial charge in [-0.3, -0.25) is 4.57 Å². The van der Waals surface area contributed by atoms with Crippen molar-refractivity contribution in [1.29, 1.82) is 0 Å². The Bertz CT molecular complexity index is 308. The standard InChI is InChI=1S/C19H41O4P/c1-4-5-6-7-8-9-10-11-12-13-14-16-22-17-15-18-23-24(20,21)19(2)3/h19H,4-18H2,1-3H3,(H,20,21). The number of ether oxygens (including phenoxy) is 1. The van der Waals surface area contributed by atoms with Gasteiger partial charge in [-0.05, 0) is 12.8 Å². The molecule has 0 aliphatic carbocycles. The third kappa shape index (κ3) is 15.6. The third-order valence-electron chi connectivity index (χ3n) is 4.25. The molecular weight excluding hydrogens is 323 g/mol. The smallest absolute Gasteiger partial charge is 0.330 e. The first-order chi connectivity index (χ1) is 11.5. The number of hydrogen-bond acceptors (Lipinski definition) is 3. The third-order valence-corrected chi connectivity index (χ3v) is 6.11. The first kappa shape index (κ1) is 24.1. The van der Waals surface area contributed by atoms with E-state index >= 15 is 0 Å². The van der Waals surface area contributed by atoms with E-state index in [1.165, 1.54) is 64.2 Å². The van der Waals surface area contributed by atoms with Crippen LogP contribution in [0.2, 0.25) is 0 Å².